The van der Waals surface area contributed by atoms with Crippen molar-refractivity contribution in [1.29, 1.82) is 0 Å². The van der Waals surface area contributed by atoms with Crippen molar-refractivity contribution in [1.82, 2.24) is 0 Å². The zero-order chi connectivity index (χ0) is 13.8. The van der Waals surface area contributed by atoms with Crippen molar-refractivity contribution in [3.05, 3.63) is 0 Å². The molecule has 0 saturated carbocycles. The number of unbranched alkanes of at least 4 members (excludes halogenated alkanes) is 7. The summed E-state index contributed by atoms with van der Waals surface area (Å²) in [7, 11) is 0. The summed E-state index contributed by atoms with van der Waals surface area (Å²) in [6.45, 7) is 6.30. The van der Waals surface area contributed by atoms with Crippen molar-refractivity contribution in [2.24, 2.45) is 0 Å². The molecule has 1 rings (SSSR count). The van der Waals surface area contributed by atoms with Crippen LogP contribution in [0.25, 0.3) is 0 Å². The molecule has 2 nitrogen and oxygen atoms in total. The second kappa shape index (κ2) is 10.7. The van der Waals surface area contributed by atoms with Crippen LogP contribution in [0.5, 0.6) is 0 Å². The van der Waals surface area contributed by atoms with Crippen LogP contribution in [0.15, 0.2) is 0 Å². The maximum atomic E-state index is 6.02. The van der Waals surface area contributed by atoms with Gasteiger partial charge in [0, 0.05) is 12.8 Å². The monoisotopic (exact) mass is 270 g/mol. The molecule has 1 heterocycles. The first-order chi connectivity index (χ1) is 9.33. The smallest absolute Gasteiger partial charge is 0.168 e. The van der Waals surface area contributed by atoms with Crippen LogP contribution in [0, 0.1) is 0 Å². The molecule has 0 aromatic heterocycles. The minimum absolute atomic E-state index is 0.224. The molecular weight excluding hydrogens is 236 g/mol. The van der Waals surface area contributed by atoms with Gasteiger partial charge in [-0.25, -0.2) is 0 Å². The lowest BCUT2D eigenvalue weighted by Crippen LogP contribution is -2.40. The highest BCUT2D eigenvalue weighted by Crippen LogP contribution is 2.31. The molecule has 1 fully saturated rings. The molecule has 0 amide bonds. The van der Waals surface area contributed by atoms with Crippen molar-refractivity contribution in [3.8, 4) is 0 Å². The third-order valence-electron chi connectivity index (χ3n) is 4.09. The van der Waals surface area contributed by atoms with Gasteiger partial charge in [-0.1, -0.05) is 58.8 Å². The molecule has 1 aliphatic rings. The molecule has 1 saturated heterocycles. The number of hydrogen-bond acceptors (Lipinski definition) is 2. The molecule has 0 atom stereocenters. The van der Waals surface area contributed by atoms with Crippen molar-refractivity contribution < 1.29 is 9.47 Å². The Hall–Kier alpha value is -0.0800. The van der Waals surface area contributed by atoms with Crippen LogP contribution in [0.4, 0.5) is 0 Å². The van der Waals surface area contributed by atoms with Crippen LogP contribution in [0.1, 0.15) is 90.9 Å². The first kappa shape index (κ1) is 17.0. The quantitative estimate of drug-likeness (QED) is 0.465. The fourth-order valence-electron chi connectivity index (χ4n) is 2.85. The lowest BCUT2D eigenvalue weighted by molar-refractivity contribution is -0.274. The lowest BCUT2D eigenvalue weighted by Gasteiger charge is -2.37. The van der Waals surface area contributed by atoms with Gasteiger partial charge in [-0.05, 0) is 19.3 Å². The summed E-state index contributed by atoms with van der Waals surface area (Å²) in [5.41, 5.74) is 0. The second-order valence-corrected chi connectivity index (χ2v) is 5.94. The first-order valence-corrected chi connectivity index (χ1v) is 8.61. The van der Waals surface area contributed by atoms with Crippen molar-refractivity contribution in [3.63, 3.8) is 0 Å². The first-order valence-electron chi connectivity index (χ1n) is 8.61. The molecule has 0 aliphatic carbocycles. The van der Waals surface area contributed by atoms with Gasteiger partial charge < -0.3 is 9.47 Å². The molecule has 2 heteroatoms. The minimum atomic E-state index is -0.224. The Bertz CT molecular complexity index is 197. The van der Waals surface area contributed by atoms with E-state index in [2.05, 4.69) is 13.8 Å². The molecule has 0 unspecified atom stereocenters. The summed E-state index contributed by atoms with van der Waals surface area (Å²) in [6, 6.07) is 0. The molecule has 114 valence electrons. The van der Waals surface area contributed by atoms with Crippen LogP contribution >= 0.6 is 0 Å². The predicted molar refractivity (Wildman–Crippen MR) is 81.4 cm³/mol. The van der Waals surface area contributed by atoms with Crippen LogP contribution < -0.4 is 0 Å². The lowest BCUT2D eigenvalue weighted by atomic mass is 9.99. The highest BCUT2D eigenvalue weighted by molar-refractivity contribution is 4.73. The summed E-state index contributed by atoms with van der Waals surface area (Å²) in [5, 5.41) is 0. The van der Waals surface area contributed by atoms with Crippen molar-refractivity contribution >= 4 is 0 Å². The van der Waals surface area contributed by atoms with Crippen LogP contribution in [0.2, 0.25) is 0 Å². The van der Waals surface area contributed by atoms with E-state index in [-0.39, 0.29) is 5.79 Å². The van der Waals surface area contributed by atoms with Gasteiger partial charge in [-0.3, -0.25) is 0 Å². The molecule has 0 N–H and O–H groups in total. The summed E-state index contributed by atoms with van der Waals surface area (Å²) in [5.74, 6) is -0.224. The number of ether oxygens (including phenoxy) is 2. The Kier molecular flexibility index (Phi) is 9.54. The minimum Gasteiger partial charge on any atom is -0.350 e. The van der Waals surface area contributed by atoms with Crippen LogP contribution in [-0.4, -0.2) is 19.0 Å². The zero-order valence-corrected chi connectivity index (χ0v) is 13.2. The molecular formula is C17H34O2. The number of rotatable bonds is 11. The molecule has 0 aromatic carbocycles. The second-order valence-electron chi connectivity index (χ2n) is 5.94. The zero-order valence-electron chi connectivity index (χ0n) is 13.2. The van der Waals surface area contributed by atoms with Crippen molar-refractivity contribution in [2.45, 2.75) is 96.7 Å². The summed E-state index contributed by atoms with van der Waals surface area (Å²) >= 11 is 0. The van der Waals surface area contributed by atoms with Gasteiger partial charge in [0.05, 0.1) is 13.2 Å². The van der Waals surface area contributed by atoms with Crippen LogP contribution in [-0.2, 0) is 9.47 Å². The summed E-state index contributed by atoms with van der Waals surface area (Å²) in [4.78, 5) is 0. The van der Waals surface area contributed by atoms with Crippen molar-refractivity contribution in [2.75, 3.05) is 13.2 Å². The van der Waals surface area contributed by atoms with E-state index in [0.717, 1.165) is 32.5 Å². The van der Waals surface area contributed by atoms with Crippen LogP contribution in [0.3, 0.4) is 0 Å². The fourth-order valence-corrected chi connectivity index (χ4v) is 2.85. The van der Waals surface area contributed by atoms with E-state index in [9.17, 15) is 0 Å². The third kappa shape index (κ3) is 7.31. The summed E-state index contributed by atoms with van der Waals surface area (Å²) < 4.78 is 12.0. The maximum absolute atomic E-state index is 6.02. The predicted octanol–water partition coefficient (Wildman–Crippen LogP) is 5.45. The van der Waals surface area contributed by atoms with E-state index in [0.29, 0.717) is 0 Å². The van der Waals surface area contributed by atoms with E-state index in [4.69, 9.17) is 9.47 Å². The molecule has 0 spiro atoms. The Balaban J connectivity index is 2.20. The molecule has 19 heavy (non-hydrogen) atoms. The summed E-state index contributed by atoms with van der Waals surface area (Å²) in [6.07, 6.45) is 15.1. The Morgan fingerprint density at radius 1 is 0.684 bits per heavy atom. The topological polar surface area (TPSA) is 18.5 Å². The van der Waals surface area contributed by atoms with E-state index >= 15 is 0 Å². The standard InChI is InChI=1S/C17H34O2/c1-3-5-7-8-9-11-14-17(13-10-6-4-2)18-15-12-16-19-17/h3-16H2,1-2H3. The fraction of sp³-hybridized carbons (Fsp3) is 1.00. The Morgan fingerprint density at radius 2 is 1.16 bits per heavy atom. The van der Waals surface area contributed by atoms with E-state index in [1.807, 2.05) is 0 Å². The molecule has 0 radical (unpaired) electrons. The number of hydrogen-bond donors (Lipinski definition) is 0. The molecule has 1 aliphatic heterocycles. The van der Waals surface area contributed by atoms with Gasteiger partial charge in [0.15, 0.2) is 5.79 Å². The molecule has 0 bridgehead atoms. The van der Waals surface area contributed by atoms with E-state index < -0.39 is 0 Å². The Labute approximate surface area is 120 Å². The van der Waals surface area contributed by atoms with Gasteiger partial charge >= 0.3 is 0 Å². The van der Waals surface area contributed by atoms with Gasteiger partial charge in [-0.15, -0.1) is 0 Å². The largest absolute Gasteiger partial charge is 0.350 e. The van der Waals surface area contributed by atoms with Gasteiger partial charge in [0.2, 0.25) is 0 Å². The van der Waals surface area contributed by atoms with E-state index in [1.165, 1.54) is 57.8 Å². The van der Waals surface area contributed by atoms with Gasteiger partial charge in [-0.2, -0.15) is 0 Å². The maximum Gasteiger partial charge on any atom is 0.168 e. The van der Waals surface area contributed by atoms with Gasteiger partial charge in [0.1, 0.15) is 0 Å². The highest BCUT2D eigenvalue weighted by atomic mass is 16.7. The highest BCUT2D eigenvalue weighted by Gasteiger charge is 2.33. The normalized spacial score (nSPS) is 18.6. The average molecular weight is 270 g/mol. The third-order valence-corrected chi connectivity index (χ3v) is 4.09. The van der Waals surface area contributed by atoms with Gasteiger partial charge in [0.25, 0.3) is 0 Å². The average Bonchev–Trinajstić information content (AvgIpc) is 2.44. The SMILES string of the molecule is CCCCCCCCC1(CCCCC)OCCCO1. The van der Waals surface area contributed by atoms with E-state index in [1.54, 1.807) is 0 Å². The Morgan fingerprint density at radius 3 is 1.79 bits per heavy atom. The molecule has 0 aromatic rings.